The van der Waals surface area contributed by atoms with Gasteiger partial charge in [-0.2, -0.15) is 5.10 Å². The van der Waals surface area contributed by atoms with E-state index in [0.717, 1.165) is 24.2 Å². The summed E-state index contributed by atoms with van der Waals surface area (Å²) in [7, 11) is 0. The van der Waals surface area contributed by atoms with Gasteiger partial charge in [0.1, 0.15) is 11.9 Å². The van der Waals surface area contributed by atoms with E-state index in [0.29, 0.717) is 25.5 Å². The largest absolute Gasteiger partial charge is 0.366 e. The fourth-order valence-corrected chi connectivity index (χ4v) is 3.54. The van der Waals surface area contributed by atoms with Gasteiger partial charge in [0.05, 0.1) is 13.2 Å². The molecule has 126 valence electrons. The normalized spacial score (nSPS) is 20.7. The van der Waals surface area contributed by atoms with Crippen LogP contribution in [0.2, 0.25) is 0 Å². The van der Waals surface area contributed by atoms with Gasteiger partial charge in [-0.3, -0.25) is 9.89 Å². The minimum Gasteiger partial charge on any atom is -0.366 e. The quantitative estimate of drug-likeness (QED) is 0.918. The Labute approximate surface area is 141 Å². The van der Waals surface area contributed by atoms with Crippen LogP contribution in [0.25, 0.3) is 0 Å². The summed E-state index contributed by atoms with van der Waals surface area (Å²) < 4.78 is 5.75. The summed E-state index contributed by atoms with van der Waals surface area (Å²) in [5.41, 5.74) is 3.51. The molecule has 2 aromatic rings. The molecule has 1 aromatic carbocycles. The molecule has 1 atom stereocenters. The number of aromatic nitrogens is 3. The Kier molecular flexibility index (Phi) is 4.06. The number of hydrogen-bond donors (Lipinski definition) is 1. The molecule has 1 N–H and O–H groups in total. The lowest BCUT2D eigenvalue weighted by Crippen LogP contribution is -2.42. The number of H-pyrrole nitrogens is 1. The van der Waals surface area contributed by atoms with E-state index in [1.165, 1.54) is 24.0 Å². The minimum atomic E-state index is -0.259. The third-order valence-electron chi connectivity index (χ3n) is 4.85. The zero-order valence-electron chi connectivity index (χ0n) is 13.9. The highest BCUT2D eigenvalue weighted by molar-refractivity contribution is 5.94. The number of nitrogens with zero attached hydrogens (tertiary/aromatic N) is 3. The molecule has 0 spiro atoms. The van der Waals surface area contributed by atoms with E-state index in [4.69, 9.17) is 4.74 Å². The van der Waals surface area contributed by atoms with Crippen LogP contribution >= 0.6 is 0 Å². The van der Waals surface area contributed by atoms with Crippen LogP contribution in [0.5, 0.6) is 0 Å². The van der Waals surface area contributed by atoms with Crippen LogP contribution in [-0.2, 0) is 17.6 Å². The fraction of sp³-hybridized carbons (Fsp3) is 0.500. The SMILES string of the molecule is Cc1nc([C@@H]2CN(C(=O)c3ccc4c(c3)CCCC4)CCO2)n[nH]1. The molecule has 0 bridgehead atoms. The molecular weight excluding hydrogens is 304 g/mol. The third-order valence-corrected chi connectivity index (χ3v) is 4.85. The van der Waals surface area contributed by atoms with Crippen molar-refractivity contribution in [2.75, 3.05) is 19.7 Å². The van der Waals surface area contributed by atoms with Gasteiger partial charge in [0.25, 0.3) is 5.91 Å². The number of benzene rings is 1. The smallest absolute Gasteiger partial charge is 0.254 e. The number of amides is 1. The molecule has 0 radical (unpaired) electrons. The fourth-order valence-electron chi connectivity index (χ4n) is 3.54. The number of aromatic amines is 1. The molecule has 1 aliphatic heterocycles. The Hall–Kier alpha value is -2.21. The summed E-state index contributed by atoms with van der Waals surface area (Å²) in [5, 5.41) is 7.00. The van der Waals surface area contributed by atoms with Gasteiger partial charge >= 0.3 is 0 Å². The van der Waals surface area contributed by atoms with Crippen LogP contribution in [0.1, 0.15) is 52.1 Å². The van der Waals surface area contributed by atoms with Crippen LogP contribution in [0.4, 0.5) is 0 Å². The minimum absolute atomic E-state index is 0.0731. The number of nitrogens with one attached hydrogen (secondary N) is 1. The highest BCUT2D eigenvalue weighted by Crippen LogP contribution is 2.24. The van der Waals surface area contributed by atoms with Gasteiger partial charge < -0.3 is 9.64 Å². The van der Waals surface area contributed by atoms with Gasteiger partial charge in [-0.1, -0.05) is 6.07 Å². The average Bonchev–Trinajstić information content (AvgIpc) is 3.07. The second kappa shape index (κ2) is 6.36. The van der Waals surface area contributed by atoms with Crippen molar-refractivity contribution in [2.24, 2.45) is 0 Å². The number of rotatable bonds is 2. The average molecular weight is 326 g/mol. The monoisotopic (exact) mass is 326 g/mol. The van der Waals surface area contributed by atoms with Crippen molar-refractivity contribution in [2.45, 2.75) is 38.7 Å². The van der Waals surface area contributed by atoms with Crippen molar-refractivity contribution >= 4 is 5.91 Å². The highest BCUT2D eigenvalue weighted by atomic mass is 16.5. The van der Waals surface area contributed by atoms with Crippen LogP contribution in [0.15, 0.2) is 18.2 Å². The van der Waals surface area contributed by atoms with Crippen LogP contribution in [-0.4, -0.2) is 45.7 Å². The predicted molar refractivity (Wildman–Crippen MR) is 88.8 cm³/mol. The summed E-state index contributed by atoms with van der Waals surface area (Å²) in [6.45, 7) is 3.47. The molecule has 1 fully saturated rings. The predicted octanol–water partition coefficient (Wildman–Crippen LogP) is 2.21. The van der Waals surface area contributed by atoms with Crippen molar-refractivity contribution in [3.05, 3.63) is 46.5 Å². The molecule has 1 aromatic heterocycles. The maximum atomic E-state index is 12.9. The van der Waals surface area contributed by atoms with E-state index >= 15 is 0 Å². The first kappa shape index (κ1) is 15.3. The number of hydrogen-bond acceptors (Lipinski definition) is 4. The Bertz CT molecular complexity index is 755. The molecule has 2 heterocycles. The molecule has 4 rings (SSSR count). The van der Waals surface area contributed by atoms with E-state index in [9.17, 15) is 4.79 Å². The Morgan fingerprint density at radius 1 is 1.29 bits per heavy atom. The molecule has 1 saturated heterocycles. The Balaban J connectivity index is 1.51. The molecule has 0 saturated carbocycles. The third kappa shape index (κ3) is 2.94. The molecule has 1 amide bonds. The number of fused-ring (bicyclic) bond motifs is 1. The molecule has 1 aliphatic carbocycles. The number of aryl methyl sites for hydroxylation is 3. The zero-order chi connectivity index (χ0) is 16.5. The van der Waals surface area contributed by atoms with Crippen molar-refractivity contribution < 1.29 is 9.53 Å². The van der Waals surface area contributed by atoms with Crippen molar-refractivity contribution in [1.82, 2.24) is 20.1 Å². The molecule has 0 unspecified atom stereocenters. The van der Waals surface area contributed by atoms with Gasteiger partial charge in [-0.05, 0) is 55.9 Å². The van der Waals surface area contributed by atoms with Gasteiger partial charge in [-0.25, -0.2) is 4.98 Å². The van der Waals surface area contributed by atoms with Crippen LogP contribution < -0.4 is 0 Å². The van der Waals surface area contributed by atoms with Gasteiger partial charge in [0.15, 0.2) is 5.82 Å². The number of carbonyl (C=O) groups is 1. The number of carbonyl (C=O) groups excluding carboxylic acids is 1. The van der Waals surface area contributed by atoms with Gasteiger partial charge in [0.2, 0.25) is 0 Å². The molecule has 6 heteroatoms. The van der Waals surface area contributed by atoms with E-state index in [-0.39, 0.29) is 12.0 Å². The van der Waals surface area contributed by atoms with E-state index < -0.39 is 0 Å². The molecular formula is C18H22N4O2. The lowest BCUT2D eigenvalue weighted by Gasteiger charge is -2.32. The standard InChI is InChI=1S/C18H22N4O2/c1-12-19-17(21-20-12)16-11-22(8-9-24-16)18(23)15-7-6-13-4-2-3-5-14(13)10-15/h6-7,10,16H,2-5,8-9,11H2,1H3,(H,19,20,21)/t16-/m0/s1. The van der Waals surface area contributed by atoms with E-state index in [2.05, 4.69) is 27.3 Å². The summed E-state index contributed by atoms with van der Waals surface area (Å²) in [6, 6.07) is 6.17. The van der Waals surface area contributed by atoms with Gasteiger partial charge in [0, 0.05) is 12.1 Å². The maximum Gasteiger partial charge on any atom is 0.254 e. The topological polar surface area (TPSA) is 71.1 Å². The summed E-state index contributed by atoms with van der Waals surface area (Å²) in [6.07, 6.45) is 4.42. The summed E-state index contributed by atoms with van der Waals surface area (Å²) >= 11 is 0. The lowest BCUT2D eigenvalue weighted by atomic mass is 9.90. The maximum absolute atomic E-state index is 12.9. The summed E-state index contributed by atoms with van der Waals surface area (Å²) in [5.74, 6) is 1.45. The lowest BCUT2D eigenvalue weighted by molar-refractivity contribution is -0.0266. The van der Waals surface area contributed by atoms with Crippen molar-refractivity contribution in [1.29, 1.82) is 0 Å². The summed E-state index contributed by atoms with van der Waals surface area (Å²) in [4.78, 5) is 19.1. The molecule has 2 aliphatic rings. The van der Waals surface area contributed by atoms with E-state index in [1.807, 2.05) is 17.9 Å². The van der Waals surface area contributed by atoms with Crippen LogP contribution in [0.3, 0.4) is 0 Å². The Morgan fingerprint density at radius 2 is 2.12 bits per heavy atom. The Morgan fingerprint density at radius 3 is 2.92 bits per heavy atom. The number of morpholine rings is 1. The zero-order valence-corrected chi connectivity index (χ0v) is 13.9. The van der Waals surface area contributed by atoms with Crippen molar-refractivity contribution in [3.63, 3.8) is 0 Å². The van der Waals surface area contributed by atoms with Gasteiger partial charge in [-0.15, -0.1) is 0 Å². The molecule has 24 heavy (non-hydrogen) atoms. The second-order valence-electron chi connectivity index (χ2n) is 6.58. The highest BCUT2D eigenvalue weighted by Gasteiger charge is 2.28. The second-order valence-corrected chi connectivity index (χ2v) is 6.58. The number of ether oxygens (including phenoxy) is 1. The van der Waals surface area contributed by atoms with E-state index in [1.54, 1.807) is 0 Å². The van der Waals surface area contributed by atoms with Crippen molar-refractivity contribution in [3.8, 4) is 0 Å². The molecule has 6 nitrogen and oxygen atoms in total. The first-order valence-corrected chi connectivity index (χ1v) is 8.62. The first-order chi connectivity index (χ1) is 11.7. The van der Waals surface area contributed by atoms with Crippen LogP contribution in [0, 0.1) is 6.92 Å². The first-order valence-electron chi connectivity index (χ1n) is 8.62.